The third-order valence-corrected chi connectivity index (χ3v) is 2.02. The van der Waals surface area contributed by atoms with Gasteiger partial charge in [0, 0.05) is 6.54 Å². The third kappa shape index (κ3) is 5.79. The largest absolute Gasteiger partial charge is 0.394 e. The molecule has 16 heavy (non-hydrogen) atoms. The molecule has 0 heterocycles. The summed E-state index contributed by atoms with van der Waals surface area (Å²) < 4.78 is 0. The fourth-order valence-corrected chi connectivity index (χ4v) is 0.764. The Labute approximate surface area is 95.3 Å². The Morgan fingerprint density at radius 2 is 1.38 bits per heavy atom. The highest BCUT2D eigenvalue weighted by Crippen LogP contribution is 1.94. The van der Waals surface area contributed by atoms with E-state index in [1.807, 2.05) is 30.3 Å². The average molecular weight is 228 g/mol. The minimum absolute atomic E-state index is 0.403. The summed E-state index contributed by atoms with van der Waals surface area (Å²) in [4.78, 5) is 0. The van der Waals surface area contributed by atoms with E-state index >= 15 is 0 Å². The van der Waals surface area contributed by atoms with E-state index in [9.17, 15) is 0 Å². The fraction of sp³-hybridized carbons (Fsp3) is 0.455. The van der Waals surface area contributed by atoms with Crippen molar-refractivity contribution in [3.8, 4) is 0 Å². The minimum Gasteiger partial charge on any atom is -0.394 e. The molecule has 0 aliphatic heterocycles. The van der Waals surface area contributed by atoms with E-state index in [4.69, 9.17) is 26.8 Å². The van der Waals surface area contributed by atoms with E-state index in [-0.39, 0.29) is 0 Å². The zero-order valence-corrected chi connectivity index (χ0v) is 9.21. The molecule has 0 aliphatic rings. The molecule has 0 spiro atoms. The number of benzene rings is 1. The van der Waals surface area contributed by atoms with Crippen LogP contribution in [-0.2, 0) is 6.54 Å². The first-order chi connectivity index (χ1) is 7.61. The molecule has 5 nitrogen and oxygen atoms in total. The first kappa shape index (κ1) is 15.0. The normalized spacial score (nSPS) is 10.6. The van der Waals surface area contributed by atoms with Crippen molar-refractivity contribution < 1.29 is 15.3 Å². The monoisotopic (exact) mass is 228 g/mol. The summed E-state index contributed by atoms with van der Waals surface area (Å²) in [6.07, 6.45) is 0. The molecule has 0 radical (unpaired) electrons. The molecular formula is C11H20N2O3. The van der Waals surface area contributed by atoms with Crippen molar-refractivity contribution in [3.63, 3.8) is 0 Å². The number of hydrogen-bond donors (Lipinski definition) is 5. The maximum absolute atomic E-state index is 8.34. The Balaban J connectivity index is 0.000000281. The lowest BCUT2D eigenvalue weighted by molar-refractivity contribution is 0.0698. The number of hydrogen-bond acceptors (Lipinski definition) is 5. The van der Waals surface area contributed by atoms with Crippen molar-refractivity contribution in [1.29, 1.82) is 0 Å². The van der Waals surface area contributed by atoms with E-state index in [2.05, 4.69) is 0 Å². The summed E-state index contributed by atoms with van der Waals surface area (Å²) in [6.45, 7) is -0.569. The second kappa shape index (κ2) is 8.20. The molecule has 0 amide bonds. The van der Waals surface area contributed by atoms with E-state index in [0.717, 1.165) is 0 Å². The lowest BCUT2D eigenvalue weighted by atomic mass is 10.1. The molecule has 0 aliphatic carbocycles. The topological polar surface area (TPSA) is 113 Å². The second-order valence-corrected chi connectivity index (χ2v) is 3.53. The van der Waals surface area contributed by atoms with Gasteiger partial charge in [-0.2, -0.15) is 0 Å². The Kier molecular flexibility index (Phi) is 7.70. The van der Waals surface area contributed by atoms with Gasteiger partial charge in [-0.05, 0) is 5.56 Å². The molecule has 0 unspecified atom stereocenters. The molecule has 1 aromatic rings. The first-order valence-electron chi connectivity index (χ1n) is 4.97. The molecule has 0 fully saturated rings. The van der Waals surface area contributed by atoms with Crippen molar-refractivity contribution in [1.82, 2.24) is 0 Å². The number of nitrogens with two attached hydrogens (primary N) is 2. The van der Waals surface area contributed by atoms with Crippen LogP contribution in [0.15, 0.2) is 30.3 Å². The number of aliphatic hydroxyl groups excluding tert-OH is 3. The third-order valence-electron chi connectivity index (χ3n) is 2.02. The summed E-state index contributed by atoms with van der Waals surface area (Å²) in [6, 6.07) is 9.99. The molecule has 7 N–H and O–H groups in total. The van der Waals surface area contributed by atoms with Crippen LogP contribution in [0.4, 0.5) is 0 Å². The van der Waals surface area contributed by atoms with Gasteiger partial charge in [-0.25, -0.2) is 0 Å². The second-order valence-electron chi connectivity index (χ2n) is 3.53. The molecule has 1 aromatic carbocycles. The first-order valence-corrected chi connectivity index (χ1v) is 4.97. The van der Waals surface area contributed by atoms with Crippen LogP contribution in [0.3, 0.4) is 0 Å². The maximum Gasteiger partial charge on any atom is 0.0856 e. The van der Waals surface area contributed by atoms with Crippen molar-refractivity contribution in [2.75, 3.05) is 19.8 Å². The summed E-state index contributed by atoms with van der Waals surface area (Å²) >= 11 is 0. The molecule has 0 saturated carbocycles. The highest BCUT2D eigenvalue weighted by Gasteiger charge is 2.20. The zero-order chi connectivity index (χ0) is 12.4. The predicted octanol–water partition coefficient (Wildman–Crippen LogP) is -1.19. The highest BCUT2D eigenvalue weighted by molar-refractivity contribution is 5.13. The molecule has 0 atom stereocenters. The smallest absolute Gasteiger partial charge is 0.0856 e. The average Bonchev–Trinajstić information content (AvgIpc) is 2.39. The van der Waals surface area contributed by atoms with Gasteiger partial charge in [0.25, 0.3) is 0 Å². The van der Waals surface area contributed by atoms with Crippen LogP contribution in [0.1, 0.15) is 5.56 Å². The van der Waals surface area contributed by atoms with Crippen LogP contribution in [0.2, 0.25) is 0 Å². The van der Waals surface area contributed by atoms with Crippen LogP contribution >= 0.6 is 0 Å². The Hall–Kier alpha value is -0.980. The number of aliphatic hydroxyl groups is 3. The van der Waals surface area contributed by atoms with Gasteiger partial charge in [-0.1, -0.05) is 30.3 Å². The Bertz CT molecular complexity index is 255. The van der Waals surface area contributed by atoms with Gasteiger partial charge in [0.15, 0.2) is 0 Å². The highest BCUT2D eigenvalue weighted by atomic mass is 16.3. The molecule has 1 rings (SSSR count). The van der Waals surface area contributed by atoms with Crippen LogP contribution in [-0.4, -0.2) is 40.7 Å². The Morgan fingerprint density at radius 1 is 0.938 bits per heavy atom. The lowest BCUT2D eigenvalue weighted by Gasteiger charge is -2.20. The minimum atomic E-state index is -1.21. The van der Waals surface area contributed by atoms with E-state index in [0.29, 0.717) is 6.54 Å². The van der Waals surface area contributed by atoms with E-state index < -0.39 is 25.4 Å². The van der Waals surface area contributed by atoms with Gasteiger partial charge in [0.1, 0.15) is 0 Å². The van der Waals surface area contributed by atoms with E-state index in [1.165, 1.54) is 5.56 Å². The van der Waals surface area contributed by atoms with Gasteiger partial charge in [0.2, 0.25) is 0 Å². The van der Waals surface area contributed by atoms with Gasteiger partial charge >= 0.3 is 0 Å². The van der Waals surface area contributed by atoms with Gasteiger partial charge in [-0.3, -0.25) is 0 Å². The molecular weight excluding hydrogens is 208 g/mol. The lowest BCUT2D eigenvalue weighted by Crippen LogP contribution is -2.50. The van der Waals surface area contributed by atoms with Crippen molar-refractivity contribution in [3.05, 3.63) is 35.9 Å². The SMILES string of the molecule is NC(CO)(CO)CO.NCc1ccccc1. The molecule has 0 saturated heterocycles. The van der Waals surface area contributed by atoms with Crippen molar-refractivity contribution in [2.45, 2.75) is 12.1 Å². The fourth-order valence-electron chi connectivity index (χ4n) is 0.764. The van der Waals surface area contributed by atoms with Gasteiger partial charge in [0.05, 0.1) is 25.4 Å². The molecule has 0 aromatic heterocycles. The maximum atomic E-state index is 8.34. The van der Waals surface area contributed by atoms with Crippen LogP contribution in [0.25, 0.3) is 0 Å². The van der Waals surface area contributed by atoms with Crippen LogP contribution < -0.4 is 11.5 Å². The summed E-state index contributed by atoms with van der Waals surface area (Å²) in [5, 5.41) is 25.0. The predicted molar refractivity (Wildman–Crippen MR) is 62.5 cm³/mol. The molecule has 5 heteroatoms. The number of rotatable bonds is 4. The van der Waals surface area contributed by atoms with Gasteiger partial charge < -0.3 is 26.8 Å². The molecule has 0 bridgehead atoms. The van der Waals surface area contributed by atoms with Crippen LogP contribution in [0.5, 0.6) is 0 Å². The summed E-state index contributed by atoms with van der Waals surface area (Å²) in [5.74, 6) is 0. The quantitative estimate of drug-likeness (QED) is 0.444. The van der Waals surface area contributed by atoms with Gasteiger partial charge in [-0.15, -0.1) is 0 Å². The summed E-state index contributed by atoms with van der Waals surface area (Å²) in [7, 11) is 0. The van der Waals surface area contributed by atoms with E-state index in [1.54, 1.807) is 0 Å². The van der Waals surface area contributed by atoms with Crippen molar-refractivity contribution in [2.24, 2.45) is 11.5 Å². The van der Waals surface area contributed by atoms with Crippen LogP contribution in [0, 0.1) is 0 Å². The zero-order valence-electron chi connectivity index (χ0n) is 9.21. The molecule has 92 valence electrons. The van der Waals surface area contributed by atoms with Crippen molar-refractivity contribution >= 4 is 0 Å². The standard InChI is InChI=1S/C7H9N.C4H11NO3/c8-6-7-4-2-1-3-5-7;5-4(1-6,2-7)3-8/h1-5H,6,8H2;6-8H,1-3,5H2. The Morgan fingerprint density at radius 3 is 1.56 bits per heavy atom. The summed E-state index contributed by atoms with van der Waals surface area (Å²) in [5.41, 5.74) is 10.5.